The number of amides is 1. The number of hydrogen-bond donors (Lipinski definition) is 1. The van der Waals surface area contributed by atoms with Crippen molar-refractivity contribution < 1.29 is 23.4 Å². The normalized spacial score (nSPS) is 10.7. The number of furan rings is 1. The molecule has 1 amide bonds. The number of ether oxygens (including phenoxy) is 3. The second-order valence-electron chi connectivity index (χ2n) is 7.61. The summed E-state index contributed by atoms with van der Waals surface area (Å²) in [6.07, 6.45) is 2.34. The summed E-state index contributed by atoms with van der Waals surface area (Å²) in [6.45, 7) is 2.27. The molecule has 0 radical (unpaired) electrons. The molecule has 2 heterocycles. The lowest BCUT2D eigenvalue weighted by atomic mass is 10.1. The van der Waals surface area contributed by atoms with Gasteiger partial charge >= 0.3 is 0 Å². The van der Waals surface area contributed by atoms with E-state index in [4.69, 9.17) is 23.7 Å². The lowest BCUT2D eigenvalue weighted by Gasteiger charge is -2.12. The highest BCUT2D eigenvalue weighted by atomic mass is 16.5. The van der Waals surface area contributed by atoms with Gasteiger partial charge in [0.1, 0.15) is 23.0 Å². The highest BCUT2D eigenvalue weighted by Crippen LogP contribution is 2.32. The summed E-state index contributed by atoms with van der Waals surface area (Å²) < 4.78 is 23.8. The van der Waals surface area contributed by atoms with Crippen molar-refractivity contribution in [3.05, 3.63) is 83.9 Å². The van der Waals surface area contributed by atoms with Crippen molar-refractivity contribution in [1.82, 2.24) is 15.1 Å². The Morgan fingerprint density at radius 3 is 2.24 bits per heavy atom. The van der Waals surface area contributed by atoms with Crippen LogP contribution >= 0.6 is 0 Å². The van der Waals surface area contributed by atoms with E-state index in [1.165, 1.54) is 0 Å². The summed E-state index contributed by atoms with van der Waals surface area (Å²) in [5.74, 6) is 3.31. The molecule has 34 heavy (non-hydrogen) atoms. The molecule has 0 aliphatic carbocycles. The van der Waals surface area contributed by atoms with Gasteiger partial charge in [-0.1, -0.05) is 0 Å². The van der Waals surface area contributed by atoms with E-state index in [-0.39, 0.29) is 12.3 Å². The zero-order valence-corrected chi connectivity index (χ0v) is 19.4. The SMILES string of the molecule is COc1ccc(Oc2c(CCC(=O)NCc3ccco3)c(C)nn2-c2ccc(OC)cc2)cc1. The molecular formula is C26H27N3O5. The van der Waals surface area contributed by atoms with E-state index in [2.05, 4.69) is 5.32 Å². The average Bonchev–Trinajstić information content (AvgIpc) is 3.50. The summed E-state index contributed by atoms with van der Waals surface area (Å²) in [5, 5.41) is 7.59. The third kappa shape index (κ3) is 5.40. The Morgan fingerprint density at radius 2 is 1.62 bits per heavy atom. The van der Waals surface area contributed by atoms with Crippen LogP contribution in [0.5, 0.6) is 23.1 Å². The first-order chi connectivity index (χ1) is 16.6. The van der Waals surface area contributed by atoms with Crippen molar-refractivity contribution in [2.24, 2.45) is 0 Å². The molecule has 2 aromatic heterocycles. The van der Waals surface area contributed by atoms with Gasteiger partial charge < -0.3 is 23.9 Å². The molecule has 8 nitrogen and oxygen atoms in total. The monoisotopic (exact) mass is 461 g/mol. The van der Waals surface area contributed by atoms with Crippen LogP contribution in [0.25, 0.3) is 5.69 Å². The molecule has 0 saturated heterocycles. The summed E-state index contributed by atoms with van der Waals surface area (Å²) in [7, 11) is 3.24. The number of carbonyl (C=O) groups excluding carboxylic acids is 1. The maximum absolute atomic E-state index is 12.5. The zero-order valence-electron chi connectivity index (χ0n) is 19.4. The van der Waals surface area contributed by atoms with Gasteiger partial charge in [0.25, 0.3) is 0 Å². The van der Waals surface area contributed by atoms with Gasteiger partial charge in [0.05, 0.1) is 38.4 Å². The Kier molecular flexibility index (Phi) is 7.17. The molecule has 2 aromatic carbocycles. The van der Waals surface area contributed by atoms with Crippen molar-refractivity contribution in [2.45, 2.75) is 26.3 Å². The predicted molar refractivity (Wildman–Crippen MR) is 127 cm³/mol. The molecule has 0 aliphatic rings. The molecule has 0 unspecified atom stereocenters. The molecule has 0 fully saturated rings. The summed E-state index contributed by atoms with van der Waals surface area (Å²) in [6, 6.07) is 18.5. The summed E-state index contributed by atoms with van der Waals surface area (Å²) >= 11 is 0. The maximum Gasteiger partial charge on any atom is 0.226 e. The van der Waals surface area contributed by atoms with Gasteiger partial charge in [-0.3, -0.25) is 4.79 Å². The summed E-state index contributed by atoms with van der Waals surface area (Å²) in [5.41, 5.74) is 2.47. The molecule has 8 heteroatoms. The molecule has 4 rings (SSSR count). The number of hydrogen-bond acceptors (Lipinski definition) is 6. The van der Waals surface area contributed by atoms with E-state index in [0.717, 1.165) is 28.4 Å². The van der Waals surface area contributed by atoms with Crippen LogP contribution < -0.4 is 19.5 Å². The van der Waals surface area contributed by atoms with Crippen LogP contribution in [0.1, 0.15) is 23.4 Å². The van der Waals surface area contributed by atoms with E-state index in [9.17, 15) is 4.79 Å². The van der Waals surface area contributed by atoms with E-state index in [1.54, 1.807) is 31.2 Å². The van der Waals surface area contributed by atoms with Crippen LogP contribution in [-0.4, -0.2) is 29.9 Å². The van der Waals surface area contributed by atoms with Gasteiger partial charge in [-0.05, 0) is 74.0 Å². The standard InChI is InChI=1S/C26H27N3O5/c1-18-24(14-15-25(30)27-17-23-5-4-16-33-23)26(34-22-12-10-21(32-3)11-13-22)29(28-18)19-6-8-20(31-2)9-7-19/h4-13,16H,14-15,17H2,1-3H3,(H,27,30). The molecule has 0 spiro atoms. The molecule has 4 aromatic rings. The van der Waals surface area contributed by atoms with E-state index < -0.39 is 0 Å². The third-order valence-corrected chi connectivity index (χ3v) is 5.37. The van der Waals surface area contributed by atoms with E-state index >= 15 is 0 Å². The molecule has 1 N–H and O–H groups in total. The minimum atomic E-state index is -0.0802. The quantitative estimate of drug-likeness (QED) is 0.364. The van der Waals surface area contributed by atoms with Gasteiger partial charge in [0.2, 0.25) is 11.8 Å². The highest BCUT2D eigenvalue weighted by Gasteiger charge is 2.20. The largest absolute Gasteiger partial charge is 0.497 e. The van der Waals surface area contributed by atoms with Crippen molar-refractivity contribution in [3.8, 4) is 28.8 Å². The molecule has 0 atom stereocenters. The molecule has 176 valence electrons. The Morgan fingerprint density at radius 1 is 0.971 bits per heavy atom. The number of benzene rings is 2. The first kappa shape index (κ1) is 23.0. The Labute approximate surface area is 198 Å². The second-order valence-corrected chi connectivity index (χ2v) is 7.61. The lowest BCUT2D eigenvalue weighted by molar-refractivity contribution is -0.121. The van der Waals surface area contributed by atoms with Crippen LogP contribution in [0.4, 0.5) is 0 Å². The Balaban J connectivity index is 1.58. The molecular weight excluding hydrogens is 434 g/mol. The Bertz CT molecular complexity index is 1210. The van der Waals surface area contributed by atoms with Gasteiger partial charge in [-0.2, -0.15) is 5.10 Å². The van der Waals surface area contributed by atoms with Crippen LogP contribution in [-0.2, 0) is 17.8 Å². The number of methoxy groups -OCH3 is 2. The Hall–Kier alpha value is -4.20. The molecule has 0 bridgehead atoms. The van der Waals surface area contributed by atoms with Crippen LogP contribution in [0.2, 0.25) is 0 Å². The fourth-order valence-corrected chi connectivity index (χ4v) is 3.51. The first-order valence-electron chi connectivity index (χ1n) is 10.9. The third-order valence-electron chi connectivity index (χ3n) is 5.37. The minimum Gasteiger partial charge on any atom is -0.497 e. The van der Waals surface area contributed by atoms with Gasteiger partial charge in [0, 0.05) is 12.0 Å². The van der Waals surface area contributed by atoms with Gasteiger partial charge in [-0.15, -0.1) is 0 Å². The van der Waals surface area contributed by atoms with Gasteiger partial charge in [0.15, 0.2) is 0 Å². The van der Waals surface area contributed by atoms with E-state index in [1.807, 2.05) is 61.5 Å². The number of carbonyl (C=O) groups is 1. The van der Waals surface area contributed by atoms with Crippen molar-refractivity contribution in [1.29, 1.82) is 0 Å². The fraction of sp³-hybridized carbons (Fsp3) is 0.231. The minimum absolute atomic E-state index is 0.0802. The van der Waals surface area contributed by atoms with Crippen molar-refractivity contribution >= 4 is 5.91 Å². The zero-order chi connectivity index (χ0) is 23.9. The van der Waals surface area contributed by atoms with Crippen molar-refractivity contribution in [2.75, 3.05) is 14.2 Å². The van der Waals surface area contributed by atoms with Crippen LogP contribution in [0.15, 0.2) is 71.3 Å². The number of aromatic nitrogens is 2. The number of rotatable bonds is 10. The van der Waals surface area contributed by atoms with Crippen molar-refractivity contribution in [3.63, 3.8) is 0 Å². The topological polar surface area (TPSA) is 87.8 Å². The number of nitrogens with one attached hydrogen (secondary N) is 1. The first-order valence-corrected chi connectivity index (χ1v) is 10.9. The highest BCUT2D eigenvalue weighted by molar-refractivity contribution is 5.76. The second kappa shape index (κ2) is 10.6. The van der Waals surface area contributed by atoms with Crippen LogP contribution in [0, 0.1) is 6.92 Å². The lowest BCUT2D eigenvalue weighted by Crippen LogP contribution is -2.22. The fourth-order valence-electron chi connectivity index (χ4n) is 3.51. The van der Waals surface area contributed by atoms with E-state index in [0.29, 0.717) is 30.4 Å². The van der Waals surface area contributed by atoms with Crippen LogP contribution in [0.3, 0.4) is 0 Å². The molecule has 0 aliphatic heterocycles. The smallest absolute Gasteiger partial charge is 0.226 e. The maximum atomic E-state index is 12.5. The molecule has 0 saturated carbocycles. The summed E-state index contributed by atoms with van der Waals surface area (Å²) in [4.78, 5) is 12.5. The van der Waals surface area contributed by atoms with Gasteiger partial charge in [-0.25, -0.2) is 4.68 Å². The average molecular weight is 462 g/mol. The number of aryl methyl sites for hydroxylation is 1. The number of nitrogens with zero attached hydrogens (tertiary/aromatic N) is 2. The predicted octanol–water partition coefficient (Wildman–Crippen LogP) is 4.83.